The summed E-state index contributed by atoms with van der Waals surface area (Å²) in [6.07, 6.45) is 11.5. The Morgan fingerprint density at radius 2 is 1.57 bits per heavy atom. The van der Waals surface area contributed by atoms with Gasteiger partial charge in [-0.1, -0.05) is 80.1 Å². The van der Waals surface area contributed by atoms with Crippen molar-refractivity contribution in [3.63, 3.8) is 0 Å². The molecular weight excluding hydrogens is 280 g/mol. The fourth-order valence-corrected chi connectivity index (χ4v) is 2.37. The molecule has 0 saturated carbocycles. The van der Waals surface area contributed by atoms with Crippen molar-refractivity contribution >= 4 is 23.1 Å². The van der Waals surface area contributed by atoms with Crippen molar-refractivity contribution in [1.82, 2.24) is 0 Å². The minimum absolute atomic E-state index is 0.956. The predicted molar refractivity (Wildman–Crippen MR) is 101 cm³/mol. The number of fused-ring (bicyclic) bond motifs is 2. The van der Waals surface area contributed by atoms with Crippen LogP contribution in [0.25, 0.3) is 23.1 Å². The Morgan fingerprint density at radius 1 is 0.826 bits per heavy atom. The van der Waals surface area contributed by atoms with Crippen LogP contribution in [0.4, 0.5) is 0 Å². The maximum Gasteiger partial charge on any atom is 0.133 e. The van der Waals surface area contributed by atoms with Gasteiger partial charge in [0.2, 0.25) is 0 Å². The number of benzene rings is 2. The summed E-state index contributed by atoms with van der Waals surface area (Å²) in [4.78, 5) is 0. The average molecular weight is 304 g/mol. The van der Waals surface area contributed by atoms with Gasteiger partial charge in [-0.2, -0.15) is 0 Å². The standard InChI is InChI=1S/C12H12.C8H6O.C2H6/c1-10-7-8-11-5-3-2-4-6-12(11)9-10;1-2-4-8-7(3-1)5-6-9-8;1-2/h3-9H,2H2,1H3;1-6H;1-2H3. The zero-order chi connectivity index (χ0) is 16.5. The molecule has 1 nitrogen and oxygen atoms in total. The van der Waals surface area contributed by atoms with E-state index >= 15 is 0 Å². The Balaban J connectivity index is 0.000000155. The largest absolute Gasteiger partial charge is 0.464 e. The van der Waals surface area contributed by atoms with E-state index in [1.807, 2.05) is 44.2 Å². The van der Waals surface area contributed by atoms with E-state index in [4.69, 9.17) is 4.42 Å². The highest BCUT2D eigenvalue weighted by Crippen LogP contribution is 2.18. The third-order valence-corrected chi connectivity index (χ3v) is 3.47. The predicted octanol–water partition coefficient (Wildman–Crippen LogP) is 6.88. The van der Waals surface area contributed by atoms with Crippen molar-refractivity contribution < 1.29 is 4.42 Å². The number of rotatable bonds is 0. The second-order valence-corrected chi connectivity index (χ2v) is 5.13. The number of aryl methyl sites for hydroxylation is 1. The van der Waals surface area contributed by atoms with E-state index in [0.717, 1.165) is 17.4 Å². The lowest BCUT2D eigenvalue weighted by Crippen LogP contribution is -1.80. The van der Waals surface area contributed by atoms with Crippen molar-refractivity contribution in [1.29, 1.82) is 0 Å². The van der Waals surface area contributed by atoms with Gasteiger partial charge < -0.3 is 4.42 Å². The van der Waals surface area contributed by atoms with Crippen LogP contribution in [0.1, 0.15) is 37.0 Å². The van der Waals surface area contributed by atoms with Gasteiger partial charge in [0.1, 0.15) is 5.58 Å². The van der Waals surface area contributed by atoms with Crippen LogP contribution in [0.15, 0.2) is 71.4 Å². The zero-order valence-corrected chi connectivity index (χ0v) is 14.1. The molecule has 1 aliphatic rings. The Labute approximate surface area is 139 Å². The van der Waals surface area contributed by atoms with Crippen molar-refractivity contribution in [2.24, 2.45) is 0 Å². The van der Waals surface area contributed by atoms with E-state index in [2.05, 4.69) is 49.4 Å². The van der Waals surface area contributed by atoms with Gasteiger partial charge in [-0.15, -0.1) is 0 Å². The molecule has 1 aliphatic carbocycles. The maximum atomic E-state index is 5.12. The molecule has 1 aromatic heterocycles. The van der Waals surface area contributed by atoms with Crippen molar-refractivity contribution in [2.75, 3.05) is 0 Å². The van der Waals surface area contributed by atoms with Crippen LogP contribution in [-0.4, -0.2) is 0 Å². The molecule has 0 saturated heterocycles. The van der Waals surface area contributed by atoms with Gasteiger partial charge in [-0.3, -0.25) is 0 Å². The monoisotopic (exact) mass is 304 g/mol. The first-order valence-corrected chi connectivity index (χ1v) is 8.19. The first-order valence-electron chi connectivity index (χ1n) is 8.19. The second kappa shape index (κ2) is 8.79. The quantitative estimate of drug-likeness (QED) is 0.441. The van der Waals surface area contributed by atoms with Crippen LogP contribution in [0, 0.1) is 6.92 Å². The summed E-state index contributed by atoms with van der Waals surface area (Å²) < 4.78 is 5.12. The fraction of sp³-hybridized carbons (Fsp3) is 0.182. The zero-order valence-electron chi connectivity index (χ0n) is 14.1. The molecule has 0 amide bonds. The summed E-state index contributed by atoms with van der Waals surface area (Å²) in [5, 5.41) is 1.16. The number of hydrogen-bond donors (Lipinski definition) is 0. The van der Waals surface area contributed by atoms with Gasteiger partial charge >= 0.3 is 0 Å². The van der Waals surface area contributed by atoms with Gasteiger partial charge in [0.05, 0.1) is 6.26 Å². The highest BCUT2D eigenvalue weighted by atomic mass is 16.3. The van der Waals surface area contributed by atoms with Gasteiger partial charge in [0.15, 0.2) is 0 Å². The number of hydrogen-bond acceptors (Lipinski definition) is 1. The highest BCUT2D eigenvalue weighted by molar-refractivity contribution is 5.76. The summed E-state index contributed by atoms with van der Waals surface area (Å²) in [7, 11) is 0. The summed E-state index contributed by atoms with van der Waals surface area (Å²) in [6, 6.07) is 16.5. The number of furan rings is 1. The molecule has 1 heterocycles. The molecule has 118 valence electrons. The molecule has 23 heavy (non-hydrogen) atoms. The van der Waals surface area contributed by atoms with E-state index in [0.29, 0.717) is 0 Å². The first kappa shape index (κ1) is 16.8. The van der Waals surface area contributed by atoms with E-state index in [1.54, 1.807) is 6.26 Å². The summed E-state index contributed by atoms with van der Waals surface area (Å²) in [5.74, 6) is 0. The number of para-hydroxylation sites is 1. The maximum absolute atomic E-state index is 5.12. The summed E-state index contributed by atoms with van der Waals surface area (Å²) in [6.45, 7) is 6.13. The third kappa shape index (κ3) is 4.72. The smallest absolute Gasteiger partial charge is 0.133 e. The van der Waals surface area contributed by atoms with Crippen LogP contribution in [-0.2, 0) is 0 Å². The van der Waals surface area contributed by atoms with Crippen LogP contribution >= 0.6 is 0 Å². The van der Waals surface area contributed by atoms with Gasteiger partial charge in [0, 0.05) is 5.39 Å². The first-order chi connectivity index (χ1) is 11.3. The molecule has 0 aliphatic heterocycles. The van der Waals surface area contributed by atoms with Gasteiger partial charge in [0.25, 0.3) is 0 Å². The van der Waals surface area contributed by atoms with Gasteiger partial charge in [-0.25, -0.2) is 0 Å². The minimum Gasteiger partial charge on any atom is -0.464 e. The molecule has 4 rings (SSSR count). The normalized spacial score (nSPS) is 11.6. The lowest BCUT2D eigenvalue weighted by atomic mass is 10.0. The molecular formula is C22H24O. The van der Waals surface area contributed by atoms with Crippen LogP contribution in [0.2, 0.25) is 0 Å². The number of allylic oxidation sites excluding steroid dienone is 2. The van der Waals surface area contributed by atoms with E-state index < -0.39 is 0 Å². The minimum atomic E-state index is 0.956. The van der Waals surface area contributed by atoms with Crippen LogP contribution in [0.5, 0.6) is 0 Å². The Hall–Kier alpha value is -2.54. The highest BCUT2D eigenvalue weighted by Gasteiger charge is 1.97. The molecule has 1 heteroatoms. The van der Waals surface area contributed by atoms with Crippen molar-refractivity contribution in [2.45, 2.75) is 27.2 Å². The third-order valence-electron chi connectivity index (χ3n) is 3.47. The molecule has 0 N–H and O–H groups in total. The van der Waals surface area contributed by atoms with E-state index in [9.17, 15) is 0 Å². The average Bonchev–Trinajstić information content (AvgIpc) is 2.96. The van der Waals surface area contributed by atoms with E-state index in [-0.39, 0.29) is 0 Å². The van der Waals surface area contributed by atoms with Crippen LogP contribution < -0.4 is 0 Å². The molecule has 2 aromatic carbocycles. The second-order valence-electron chi connectivity index (χ2n) is 5.13. The SMILES string of the molecule is CC.Cc1ccc2c(c1)C=CCC=C2.c1ccc2occc2c1. The molecule has 0 unspecified atom stereocenters. The Bertz CT molecular complexity index is 760. The Morgan fingerprint density at radius 3 is 2.35 bits per heavy atom. The fourth-order valence-electron chi connectivity index (χ4n) is 2.37. The van der Waals surface area contributed by atoms with Crippen molar-refractivity contribution in [3.8, 4) is 0 Å². The lowest BCUT2D eigenvalue weighted by molar-refractivity contribution is 0.616. The summed E-state index contributed by atoms with van der Waals surface area (Å²) >= 11 is 0. The molecule has 0 radical (unpaired) electrons. The molecule has 0 bridgehead atoms. The molecule has 0 fully saturated rings. The summed E-state index contributed by atoms with van der Waals surface area (Å²) in [5.41, 5.74) is 4.95. The van der Waals surface area contributed by atoms with E-state index in [1.165, 1.54) is 16.7 Å². The topological polar surface area (TPSA) is 13.1 Å². The Kier molecular flexibility index (Phi) is 6.43. The molecule has 0 spiro atoms. The lowest BCUT2D eigenvalue weighted by Gasteiger charge is -2.00. The molecule has 3 aromatic rings. The van der Waals surface area contributed by atoms with Crippen molar-refractivity contribution in [3.05, 3.63) is 83.6 Å². The molecule has 0 atom stereocenters. The van der Waals surface area contributed by atoms with Gasteiger partial charge in [-0.05, 0) is 36.6 Å². The van der Waals surface area contributed by atoms with Crippen LogP contribution in [0.3, 0.4) is 0 Å².